The molecule has 1 atom stereocenters. The van der Waals surface area contributed by atoms with E-state index in [1.165, 1.54) is 11.3 Å². The van der Waals surface area contributed by atoms with Gasteiger partial charge in [0.15, 0.2) is 0 Å². The van der Waals surface area contributed by atoms with Gasteiger partial charge in [0.25, 0.3) is 0 Å². The summed E-state index contributed by atoms with van der Waals surface area (Å²) in [6.07, 6.45) is 1.42. The Morgan fingerprint density at radius 3 is 2.82 bits per heavy atom. The van der Waals surface area contributed by atoms with Crippen LogP contribution in [0.15, 0.2) is 12.1 Å². The highest BCUT2D eigenvalue weighted by atomic mass is 35.5. The Hall–Kier alpha value is -0.580. The molecule has 0 radical (unpaired) electrons. The molecule has 0 aliphatic rings. The number of carbonyl (C=O) groups excluding carboxylic acids is 1. The van der Waals surface area contributed by atoms with Crippen molar-refractivity contribution in [2.75, 3.05) is 13.6 Å². The first-order valence-corrected chi connectivity index (χ1v) is 6.90. The first-order valence-electron chi connectivity index (χ1n) is 5.71. The van der Waals surface area contributed by atoms with Crippen LogP contribution >= 0.6 is 22.9 Å². The van der Waals surface area contributed by atoms with Gasteiger partial charge in [-0.1, -0.05) is 18.5 Å². The summed E-state index contributed by atoms with van der Waals surface area (Å²) in [4.78, 5) is 14.7. The lowest BCUT2D eigenvalue weighted by Gasteiger charge is -2.17. The minimum atomic E-state index is 0.162. The Bertz CT molecular complexity index is 367. The third-order valence-corrected chi connectivity index (χ3v) is 3.92. The van der Waals surface area contributed by atoms with Gasteiger partial charge >= 0.3 is 0 Å². The van der Waals surface area contributed by atoms with E-state index in [0.717, 1.165) is 15.6 Å². The molecule has 3 nitrogen and oxygen atoms in total. The lowest BCUT2D eigenvalue weighted by atomic mass is 10.1. The smallest absolute Gasteiger partial charge is 0.222 e. The number of nitrogens with zero attached hydrogens (tertiary/aromatic N) is 1. The summed E-state index contributed by atoms with van der Waals surface area (Å²) in [7, 11) is 1.82. The van der Waals surface area contributed by atoms with Gasteiger partial charge in [0.2, 0.25) is 5.91 Å². The highest BCUT2D eigenvalue weighted by Crippen LogP contribution is 2.22. The van der Waals surface area contributed by atoms with Gasteiger partial charge in [-0.3, -0.25) is 4.79 Å². The number of amides is 1. The number of rotatable bonds is 6. The fraction of sp³-hybridized carbons (Fsp3) is 0.583. The molecular weight excluding hydrogens is 256 g/mol. The van der Waals surface area contributed by atoms with Crippen LogP contribution in [-0.2, 0) is 11.3 Å². The molecule has 0 spiro atoms. The first-order chi connectivity index (χ1) is 8.02. The van der Waals surface area contributed by atoms with Gasteiger partial charge in [-0.15, -0.1) is 11.3 Å². The average Bonchev–Trinajstić information content (AvgIpc) is 2.70. The summed E-state index contributed by atoms with van der Waals surface area (Å²) in [6.45, 7) is 3.33. The van der Waals surface area contributed by atoms with Crippen molar-refractivity contribution in [3.63, 3.8) is 0 Å². The van der Waals surface area contributed by atoms with E-state index < -0.39 is 0 Å². The molecule has 0 aliphatic carbocycles. The number of hydrogen-bond acceptors (Lipinski definition) is 3. The summed E-state index contributed by atoms with van der Waals surface area (Å²) in [5, 5.41) is 0. The van der Waals surface area contributed by atoms with Gasteiger partial charge in [0, 0.05) is 18.3 Å². The fourth-order valence-corrected chi connectivity index (χ4v) is 2.58. The first kappa shape index (κ1) is 14.5. The molecule has 2 N–H and O–H groups in total. The Labute approximate surface area is 112 Å². The van der Waals surface area contributed by atoms with Crippen molar-refractivity contribution in [2.24, 2.45) is 11.7 Å². The number of carbonyl (C=O) groups is 1. The minimum Gasteiger partial charge on any atom is -0.341 e. The standard InChI is InChI=1S/C12H19ClN2OS/c1-9(7-14)3-6-12(16)15(2)8-10-4-5-11(13)17-10/h4-5,9H,3,6-8,14H2,1-2H3. The molecule has 1 aromatic rings. The molecule has 0 saturated heterocycles. The van der Waals surface area contributed by atoms with Crippen LogP contribution in [0, 0.1) is 5.92 Å². The zero-order valence-corrected chi connectivity index (χ0v) is 11.9. The van der Waals surface area contributed by atoms with Crippen LogP contribution in [-0.4, -0.2) is 24.4 Å². The molecule has 1 amide bonds. The van der Waals surface area contributed by atoms with E-state index in [1.807, 2.05) is 19.2 Å². The molecule has 0 aromatic carbocycles. The molecule has 1 heterocycles. The van der Waals surface area contributed by atoms with Crippen LogP contribution in [0.4, 0.5) is 0 Å². The maximum Gasteiger partial charge on any atom is 0.222 e. The van der Waals surface area contributed by atoms with Crippen LogP contribution in [0.25, 0.3) is 0 Å². The third kappa shape index (κ3) is 5.06. The molecule has 0 aliphatic heterocycles. The quantitative estimate of drug-likeness (QED) is 0.867. The van der Waals surface area contributed by atoms with E-state index in [-0.39, 0.29) is 5.91 Å². The topological polar surface area (TPSA) is 46.3 Å². The molecule has 5 heteroatoms. The number of nitrogens with two attached hydrogens (primary N) is 1. The third-order valence-electron chi connectivity index (χ3n) is 2.70. The van der Waals surface area contributed by atoms with E-state index in [2.05, 4.69) is 6.92 Å². The molecule has 0 saturated carbocycles. The van der Waals surface area contributed by atoms with Crippen LogP contribution in [0.3, 0.4) is 0 Å². The number of hydrogen-bond donors (Lipinski definition) is 1. The summed E-state index contributed by atoms with van der Waals surface area (Å²) in [6, 6.07) is 3.82. The predicted molar refractivity (Wildman–Crippen MR) is 73.3 cm³/mol. The van der Waals surface area contributed by atoms with Crippen LogP contribution in [0.5, 0.6) is 0 Å². The highest BCUT2D eigenvalue weighted by Gasteiger charge is 2.11. The SMILES string of the molecule is CC(CN)CCC(=O)N(C)Cc1ccc(Cl)s1. The molecule has 1 unspecified atom stereocenters. The number of thiophene rings is 1. The average molecular weight is 275 g/mol. The van der Waals surface area contributed by atoms with E-state index in [1.54, 1.807) is 4.90 Å². The Morgan fingerprint density at radius 2 is 2.29 bits per heavy atom. The number of halogens is 1. The van der Waals surface area contributed by atoms with E-state index in [4.69, 9.17) is 17.3 Å². The molecule has 1 aromatic heterocycles. The predicted octanol–water partition coefficient (Wildman–Crippen LogP) is 2.73. The Kier molecular flexibility index (Phi) is 5.95. The maximum absolute atomic E-state index is 11.8. The minimum absolute atomic E-state index is 0.162. The zero-order chi connectivity index (χ0) is 12.8. The van der Waals surface area contributed by atoms with Crippen LogP contribution < -0.4 is 5.73 Å². The van der Waals surface area contributed by atoms with Gasteiger partial charge in [-0.05, 0) is 31.0 Å². The molecular formula is C12H19ClN2OS. The van der Waals surface area contributed by atoms with Crippen LogP contribution in [0.2, 0.25) is 4.34 Å². The highest BCUT2D eigenvalue weighted by molar-refractivity contribution is 7.16. The lowest BCUT2D eigenvalue weighted by Crippen LogP contribution is -2.26. The van der Waals surface area contributed by atoms with Crippen molar-refractivity contribution >= 4 is 28.8 Å². The summed E-state index contributed by atoms with van der Waals surface area (Å²) in [5.74, 6) is 0.568. The van der Waals surface area contributed by atoms with Gasteiger partial charge in [-0.25, -0.2) is 0 Å². The van der Waals surface area contributed by atoms with Crippen molar-refractivity contribution in [3.8, 4) is 0 Å². The lowest BCUT2D eigenvalue weighted by molar-refractivity contribution is -0.130. The van der Waals surface area contributed by atoms with Crippen molar-refractivity contribution in [3.05, 3.63) is 21.3 Å². The van der Waals surface area contributed by atoms with Gasteiger partial charge in [0.1, 0.15) is 0 Å². The van der Waals surface area contributed by atoms with E-state index in [0.29, 0.717) is 25.4 Å². The molecule has 0 fully saturated rings. The second-order valence-electron chi connectivity index (χ2n) is 4.34. The van der Waals surface area contributed by atoms with Crippen LogP contribution in [0.1, 0.15) is 24.6 Å². The van der Waals surface area contributed by atoms with E-state index in [9.17, 15) is 4.79 Å². The van der Waals surface area contributed by atoms with Crippen molar-refractivity contribution in [1.82, 2.24) is 4.90 Å². The van der Waals surface area contributed by atoms with Gasteiger partial charge < -0.3 is 10.6 Å². The summed E-state index contributed by atoms with van der Waals surface area (Å²) >= 11 is 7.36. The normalized spacial score (nSPS) is 12.5. The molecule has 17 heavy (non-hydrogen) atoms. The Morgan fingerprint density at radius 1 is 1.59 bits per heavy atom. The summed E-state index contributed by atoms with van der Waals surface area (Å²) < 4.78 is 0.762. The van der Waals surface area contributed by atoms with Gasteiger partial charge in [-0.2, -0.15) is 0 Å². The van der Waals surface area contributed by atoms with Gasteiger partial charge in [0.05, 0.1) is 10.9 Å². The second-order valence-corrected chi connectivity index (χ2v) is 6.13. The van der Waals surface area contributed by atoms with Crippen molar-refractivity contribution in [2.45, 2.75) is 26.3 Å². The van der Waals surface area contributed by atoms with Crippen molar-refractivity contribution in [1.29, 1.82) is 0 Å². The largest absolute Gasteiger partial charge is 0.341 e. The monoisotopic (exact) mass is 274 g/mol. The maximum atomic E-state index is 11.8. The Balaban J connectivity index is 2.36. The second kappa shape index (κ2) is 6.99. The molecule has 96 valence electrons. The zero-order valence-electron chi connectivity index (χ0n) is 10.3. The van der Waals surface area contributed by atoms with Crippen molar-refractivity contribution < 1.29 is 4.79 Å². The fourth-order valence-electron chi connectivity index (χ4n) is 1.44. The molecule has 1 rings (SSSR count). The molecule has 0 bridgehead atoms. The van der Waals surface area contributed by atoms with E-state index >= 15 is 0 Å². The summed E-state index contributed by atoms with van der Waals surface area (Å²) in [5.41, 5.74) is 5.52.